The molecule has 1 N–H and O–H groups in total. The van der Waals surface area contributed by atoms with Gasteiger partial charge in [-0.2, -0.15) is 0 Å². The number of hydrogen-bond donors (Lipinski definition) is 1. The second-order valence-corrected chi connectivity index (χ2v) is 7.32. The molecular formula is C18H28N4O2. The molecule has 2 aliphatic rings. The van der Waals surface area contributed by atoms with E-state index < -0.39 is 0 Å². The standard InChI is InChI=1S/C18H28N4O2/c1-18(2)14-21(10-11-24-18)13-17(23)20-15-6-7-16(19-12-15)22-8-4-3-5-9-22/h6-7,12H,3-5,8-11,13-14H2,1-2H3,(H,20,23). The minimum absolute atomic E-state index is 0.000206. The summed E-state index contributed by atoms with van der Waals surface area (Å²) in [6.45, 7) is 8.89. The van der Waals surface area contributed by atoms with Crippen LogP contribution in [-0.2, 0) is 9.53 Å². The van der Waals surface area contributed by atoms with Crippen molar-refractivity contribution in [3.8, 4) is 0 Å². The van der Waals surface area contributed by atoms with Gasteiger partial charge in [0.05, 0.1) is 30.6 Å². The van der Waals surface area contributed by atoms with E-state index in [1.54, 1.807) is 6.20 Å². The zero-order valence-corrected chi connectivity index (χ0v) is 14.8. The number of aromatic nitrogens is 1. The number of anilines is 2. The lowest BCUT2D eigenvalue weighted by molar-refractivity contribution is -0.122. The molecule has 0 bridgehead atoms. The molecule has 2 fully saturated rings. The third-order valence-corrected chi connectivity index (χ3v) is 4.58. The van der Waals surface area contributed by atoms with Gasteiger partial charge in [0.15, 0.2) is 0 Å². The van der Waals surface area contributed by atoms with Crippen LogP contribution < -0.4 is 10.2 Å². The van der Waals surface area contributed by atoms with Crippen LogP contribution in [0.25, 0.3) is 0 Å². The molecule has 132 valence electrons. The normalized spacial score (nSPS) is 21.5. The molecule has 6 nitrogen and oxygen atoms in total. The van der Waals surface area contributed by atoms with E-state index in [0.717, 1.165) is 37.7 Å². The Morgan fingerprint density at radius 3 is 2.71 bits per heavy atom. The molecule has 2 aliphatic heterocycles. The highest BCUT2D eigenvalue weighted by Gasteiger charge is 2.28. The fourth-order valence-corrected chi connectivity index (χ4v) is 3.42. The van der Waals surface area contributed by atoms with Crippen LogP contribution >= 0.6 is 0 Å². The number of carbonyl (C=O) groups excluding carboxylic acids is 1. The van der Waals surface area contributed by atoms with Crippen LogP contribution in [0, 0.1) is 0 Å². The van der Waals surface area contributed by atoms with Gasteiger partial charge in [-0.15, -0.1) is 0 Å². The Balaban J connectivity index is 1.51. The molecule has 0 aliphatic carbocycles. The van der Waals surface area contributed by atoms with E-state index in [9.17, 15) is 4.79 Å². The van der Waals surface area contributed by atoms with Crippen molar-refractivity contribution >= 4 is 17.4 Å². The van der Waals surface area contributed by atoms with Crippen LogP contribution in [-0.4, -0.2) is 60.7 Å². The van der Waals surface area contributed by atoms with Crippen LogP contribution in [0.5, 0.6) is 0 Å². The lowest BCUT2D eigenvalue weighted by Crippen LogP contribution is -2.50. The molecular weight excluding hydrogens is 304 g/mol. The van der Waals surface area contributed by atoms with E-state index >= 15 is 0 Å². The number of amides is 1. The second kappa shape index (κ2) is 7.49. The molecule has 0 aromatic carbocycles. The molecule has 6 heteroatoms. The van der Waals surface area contributed by atoms with Gasteiger partial charge in [0.2, 0.25) is 5.91 Å². The zero-order chi connectivity index (χ0) is 17.0. The molecule has 0 saturated carbocycles. The molecule has 1 amide bonds. The second-order valence-electron chi connectivity index (χ2n) is 7.32. The summed E-state index contributed by atoms with van der Waals surface area (Å²) in [4.78, 5) is 21.2. The minimum Gasteiger partial charge on any atom is -0.373 e. The minimum atomic E-state index is -0.184. The van der Waals surface area contributed by atoms with Gasteiger partial charge in [-0.05, 0) is 45.2 Å². The number of piperidine rings is 1. The number of pyridine rings is 1. The summed E-state index contributed by atoms with van der Waals surface area (Å²) in [6.07, 6.45) is 5.53. The molecule has 0 radical (unpaired) electrons. The molecule has 24 heavy (non-hydrogen) atoms. The first-order chi connectivity index (χ1) is 11.5. The predicted octanol–water partition coefficient (Wildman–Crippen LogP) is 2.12. The van der Waals surface area contributed by atoms with E-state index in [-0.39, 0.29) is 11.5 Å². The Kier molecular flexibility index (Phi) is 5.36. The number of ether oxygens (including phenoxy) is 1. The van der Waals surface area contributed by atoms with Crippen LogP contribution in [0.2, 0.25) is 0 Å². The zero-order valence-electron chi connectivity index (χ0n) is 14.8. The average Bonchev–Trinajstić information content (AvgIpc) is 2.55. The predicted molar refractivity (Wildman–Crippen MR) is 95.4 cm³/mol. The third kappa shape index (κ3) is 4.68. The van der Waals surface area contributed by atoms with Crippen molar-refractivity contribution in [3.05, 3.63) is 18.3 Å². The van der Waals surface area contributed by atoms with Crippen molar-refractivity contribution in [1.29, 1.82) is 0 Å². The smallest absolute Gasteiger partial charge is 0.238 e. The summed E-state index contributed by atoms with van der Waals surface area (Å²) >= 11 is 0. The Morgan fingerprint density at radius 2 is 2.04 bits per heavy atom. The molecule has 2 saturated heterocycles. The van der Waals surface area contributed by atoms with Gasteiger partial charge >= 0.3 is 0 Å². The van der Waals surface area contributed by atoms with Gasteiger partial charge in [-0.1, -0.05) is 0 Å². The largest absolute Gasteiger partial charge is 0.373 e. The van der Waals surface area contributed by atoms with Crippen molar-refractivity contribution in [3.63, 3.8) is 0 Å². The molecule has 0 unspecified atom stereocenters. The Hall–Kier alpha value is -1.66. The fraction of sp³-hybridized carbons (Fsp3) is 0.667. The number of morpholine rings is 1. The van der Waals surface area contributed by atoms with Crippen molar-refractivity contribution in [2.24, 2.45) is 0 Å². The van der Waals surface area contributed by atoms with Gasteiger partial charge in [-0.25, -0.2) is 4.98 Å². The van der Waals surface area contributed by atoms with E-state index in [1.165, 1.54) is 19.3 Å². The topological polar surface area (TPSA) is 57.7 Å². The quantitative estimate of drug-likeness (QED) is 0.915. The number of rotatable bonds is 4. The number of nitrogens with one attached hydrogen (secondary N) is 1. The molecule has 0 atom stereocenters. The molecule has 3 rings (SSSR count). The van der Waals surface area contributed by atoms with Crippen molar-refractivity contribution < 1.29 is 9.53 Å². The molecule has 0 spiro atoms. The van der Waals surface area contributed by atoms with Crippen molar-refractivity contribution in [1.82, 2.24) is 9.88 Å². The monoisotopic (exact) mass is 332 g/mol. The first kappa shape index (κ1) is 17.2. The van der Waals surface area contributed by atoms with Gasteiger partial charge < -0.3 is 15.0 Å². The first-order valence-corrected chi connectivity index (χ1v) is 8.89. The van der Waals surface area contributed by atoms with Gasteiger partial charge in [-0.3, -0.25) is 9.69 Å². The van der Waals surface area contributed by atoms with E-state index in [0.29, 0.717) is 13.2 Å². The van der Waals surface area contributed by atoms with Crippen molar-refractivity contribution in [2.45, 2.75) is 38.7 Å². The maximum absolute atomic E-state index is 12.2. The summed E-state index contributed by atoms with van der Waals surface area (Å²) in [5, 5.41) is 2.94. The highest BCUT2D eigenvalue weighted by molar-refractivity contribution is 5.92. The highest BCUT2D eigenvalue weighted by atomic mass is 16.5. The van der Waals surface area contributed by atoms with E-state index in [2.05, 4.69) is 33.9 Å². The van der Waals surface area contributed by atoms with E-state index in [4.69, 9.17) is 4.74 Å². The first-order valence-electron chi connectivity index (χ1n) is 8.89. The summed E-state index contributed by atoms with van der Waals surface area (Å²) < 4.78 is 5.68. The highest BCUT2D eigenvalue weighted by Crippen LogP contribution is 2.19. The maximum atomic E-state index is 12.2. The lowest BCUT2D eigenvalue weighted by Gasteiger charge is -2.37. The summed E-state index contributed by atoms with van der Waals surface area (Å²) in [7, 11) is 0. The molecule has 3 heterocycles. The maximum Gasteiger partial charge on any atom is 0.238 e. The fourth-order valence-electron chi connectivity index (χ4n) is 3.42. The Morgan fingerprint density at radius 1 is 1.25 bits per heavy atom. The lowest BCUT2D eigenvalue weighted by atomic mass is 10.1. The number of carbonyl (C=O) groups is 1. The average molecular weight is 332 g/mol. The third-order valence-electron chi connectivity index (χ3n) is 4.58. The molecule has 1 aromatic rings. The van der Waals surface area contributed by atoms with Gasteiger partial charge in [0, 0.05) is 26.2 Å². The Bertz CT molecular complexity index is 553. The number of hydrogen-bond acceptors (Lipinski definition) is 5. The molecule has 1 aromatic heterocycles. The summed E-state index contributed by atoms with van der Waals surface area (Å²) in [5.74, 6) is 1.00. The van der Waals surface area contributed by atoms with Gasteiger partial charge in [0.25, 0.3) is 0 Å². The van der Waals surface area contributed by atoms with Crippen LogP contribution in [0.3, 0.4) is 0 Å². The Labute approximate surface area is 144 Å². The van der Waals surface area contributed by atoms with Crippen LogP contribution in [0.1, 0.15) is 33.1 Å². The van der Waals surface area contributed by atoms with Crippen LogP contribution in [0.4, 0.5) is 11.5 Å². The summed E-state index contributed by atoms with van der Waals surface area (Å²) in [5.41, 5.74) is 0.573. The number of nitrogens with zero attached hydrogens (tertiary/aromatic N) is 3. The van der Waals surface area contributed by atoms with Gasteiger partial charge in [0.1, 0.15) is 5.82 Å². The SMILES string of the molecule is CC1(C)CN(CC(=O)Nc2ccc(N3CCCCC3)nc2)CCO1. The summed E-state index contributed by atoms with van der Waals surface area (Å²) in [6, 6.07) is 3.94. The van der Waals surface area contributed by atoms with Crippen molar-refractivity contribution in [2.75, 3.05) is 49.5 Å². The van der Waals surface area contributed by atoms with Crippen LogP contribution in [0.15, 0.2) is 18.3 Å². The van der Waals surface area contributed by atoms with E-state index in [1.807, 2.05) is 12.1 Å².